The summed E-state index contributed by atoms with van der Waals surface area (Å²) in [4.78, 5) is 11.7. The Kier molecular flexibility index (Phi) is 2.45. The van der Waals surface area contributed by atoms with Gasteiger partial charge in [0, 0.05) is 11.8 Å². The molecular weight excluding hydrogens is 174 g/mol. The van der Waals surface area contributed by atoms with Crippen LogP contribution in [0.5, 0.6) is 0 Å². The summed E-state index contributed by atoms with van der Waals surface area (Å²) in [6, 6.07) is 12.9. The first-order chi connectivity index (χ1) is 6.86. The highest BCUT2D eigenvalue weighted by molar-refractivity contribution is 5.95. The van der Waals surface area contributed by atoms with Gasteiger partial charge in [-0.1, -0.05) is 30.3 Å². The average molecular weight is 184 g/mol. The van der Waals surface area contributed by atoms with Crippen molar-refractivity contribution in [2.45, 2.75) is 6.54 Å². The van der Waals surface area contributed by atoms with E-state index in [-0.39, 0.29) is 5.78 Å². The number of Topliss-reactive ketones (excluding diaryl/α,β-unsaturated/α-hetero) is 1. The van der Waals surface area contributed by atoms with Crippen LogP contribution >= 0.6 is 0 Å². The van der Waals surface area contributed by atoms with Crippen LogP contribution in [0.1, 0.15) is 10.4 Å². The summed E-state index contributed by atoms with van der Waals surface area (Å²) in [6.07, 6.45) is 4.77. The van der Waals surface area contributed by atoms with Crippen LogP contribution in [0.3, 0.4) is 0 Å². The number of hydrogen-bond acceptors (Lipinski definition) is 1. The maximum Gasteiger partial charge on any atom is 0.182 e. The van der Waals surface area contributed by atoms with E-state index in [1.807, 2.05) is 42.6 Å². The van der Waals surface area contributed by atoms with E-state index >= 15 is 0 Å². The Bertz CT molecular complexity index is 403. The van der Waals surface area contributed by atoms with Gasteiger partial charge in [-0.3, -0.25) is 4.79 Å². The number of benzene rings is 1. The molecule has 2 heteroatoms. The van der Waals surface area contributed by atoms with E-state index in [0.29, 0.717) is 6.54 Å². The molecule has 0 amide bonds. The zero-order chi connectivity index (χ0) is 9.80. The lowest BCUT2D eigenvalue weighted by atomic mass is 10.1. The van der Waals surface area contributed by atoms with Crippen LogP contribution in [-0.2, 0) is 6.54 Å². The summed E-state index contributed by atoms with van der Waals surface area (Å²) in [6.45, 7) is 0.358. The van der Waals surface area contributed by atoms with Gasteiger partial charge >= 0.3 is 0 Å². The number of carbonyl (C=O) groups excluding carboxylic acids is 1. The normalized spacial score (nSPS) is 10.0. The second-order valence-electron chi connectivity index (χ2n) is 3.05. The molecule has 0 aliphatic carbocycles. The fraction of sp³-hybridized carbons (Fsp3) is 0.0833. The molecule has 14 heavy (non-hydrogen) atoms. The van der Waals surface area contributed by atoms with Gasteiger partial charge in [0.2, 0.25) is 0 Å². The Morgan fingerprint density at radius 3 is 2.64 bits per heavy atom. The van der Waals surface area contributed by atoms with Crippen molar-refractivity contribution in [2.24, 2.45) is 0 Å². The predicted molar refractivity (Wildman–Crippen MR) is 54.0 cm³/mol. The van der Waals surface area contributed by atoms with E-state index in [1.165, 1.54) is 0 Å². The number of rotatable bonds is 3. The first-order valence-electron chi connectivity index (χ1n) is 4.47. The van der Waals surface area contributed by atoms with Crippen molar-refractivity contribution in [3.8, 4) is 0 Å². The molecule has 2 aromatic rings. The minimum absolute atomic E-state index is 0.109. The van der Waals surface area contributed by atoms with Crippen molar-refractivity contribution in [1.29, 1.82) is 0 Å². The second kappa shape index (κ2) is 3.92. The predicted octanol–water partition coefficient (Wildman–Crippen LogP) is 2.17. The van der Waals surface area contributed by atoms with Gasteiger partial charge in [-0.05, 0) is 12.1 Å². The number of hydrogen-bond donors (Lipinski definition) is 0. The van der Waals surface area contributed by atoms with Gasteiger partial charge in [-0.25, -0.2) is 0 Å². The van der Waals surface area contributed by atoms with Gasteiger partial charge in [0.25, 0.3) is 0 Å². The molecule has 69 valence electrons. The Labute approximate surface area is 82.8 Å². The molecule has 0 aliphatic heterocycles. The first kappa shape index (κ1) is 8.75. The minimum Gasteiger partial charge on any atom is -0.338 e. The third-order valence-corrected chi connectivity index (χ3v) is 2.01. The lowest BCUT2D eigenvalue weighted by Crippen LogP contribution is -2.08. The molecule has 2 rings (SSSR count). The Morgan fingerprint density at radius 1 is 1.21 bits per heavy atom. The molecule has 0 N–H and O–H groups in total. The van der Waals surface area contributed by atoms with E-state index in [9.17, 15) is 4.79 Å². The van der Waals surface area contributed by atoms with E-state index < -0.39 is 0 Å². The van der Waals surface area contributed by atoms with Gasteiger partial charge in [0.05, 0.1) is 12.7 Å². The van der Waals surface area contributed by atoms with Crippen LogP contribution < -0.4 is 0 Å². The van der Waals surface area contributed by atoms with Gasteiger partial charge < -0.3 is 4.57 Å². The van der Waals surface area contributed by atoms with Crippen molar-refractivity contribution < 1.29 is 4.79 Å². The molecule has 1 aromatic heterocycles. The summed E-state index contributed by atoms with van der Waals surface area (Å²) in [5.74, 6) is 0.109. The van der Waals surface area contributed by atoms with Crippen LogP contribution in [0.15, 0.2) is 48.7 Å². The summed E-state index contributed by atoms with van der Waals surface area (Å²) < 4.78 is 1.75. The number of carbonyl (C=O) groups is 1. The SMILES string of the molecule is O=C(Cn1[c]ccc1)c1ccccc1. The highest BCUT2D eigenvalue weighted by Crippen LogP contribution is 2.02. The third-order valence-electron chi connectivity index (χ3n) is 2.01. The zero-order valence-corrected chi connectivity index (χ0v) is 7.68. The van der Waals surface area contributed by atoms with Crippen molar-refractivity contribution in [3.63, 3.8) is 0 Å². The molecular formula is C12H10NO. The summed E-state index contributed by atoms with van der Waals surface area (Å²) in [5.41, 5.74) is 0.745. The molecule has 1 heterocycles. The fourth-order valence-corrected chi connectivity index (χ4v) is 1.30. The first-order valence-corrected chi connectivity index (χ1v) is 4.47. The van der Waals surface area contributed by atoms with Crippen LogP contribution in [0.2, 0.25) is 0 Å². The maximum absolute atomic E-state index is 11.7. The third kappa shape index (κ3) is 1.91. The molecule has 1 radical (unpaired) electrons. The molecule has 1 aromatic carbocycles. The molecule has 2 nitrogen and oxygen atoms in total. The molecule has 0 fully saturated rings. The fourth-order valence-electron chi connectivity index (χ4n) is 1.30. The van der Waals surface area contributed by atoms with E-state index in [2.05, 4.69) is 6.20 Å². The molecule has 0 spiro atoms. The van der Waals surface area contributed by atoms with Crippen molar-refractivity contribution >= 4 is 5.78 Å². The van der Waals surface area contributed by atoms with E-state index in [0.717, 1.165) is 5.56 Å². The summed E-state index contributed by atoms with van der Waals surface area (Å²) >= 11 is 0. The van der Waals surface area contributed by atoms with Gasteiger partial charge in [0.15, 0.2) is 5.78 Å². The Balaban J connectivity index is 2.11. The largest absolute Gasteiger partial charge is 0.338 e. The Hall–Kier alpha value is -1.83. The van der Waals surface area contributed by atoms with Gasteiger partial charge in [0.1, 0.15) is 0 Å². The van der Waals surface area contributed by atoms with Gasteiger partial charge in [-0.15, -0.1) is 0 Å². The standard InChI is InChI=1S/C12H10NO/c14-12(10-13-8-4-5-9-13)11-6-2-1-3-7-11/h1-8H,10H2. The van der Waals surface area contributed by atoms with Crippen LogP contribution in [0.4, 0.5) is 0 Å². The molecule has 0 unspecified atom stereocenters. The zero-order valence-electron chi connectivity index (χ0n) is 7.68. The highest BCUT2D eigenvalue weighted by atomic mass is 16.1. The lowest BCUT2D eigenvalue weighted by molar-refractivity contribution is 0.0972. The molecule has 0 atom stereocenters. The molecule has 0 saturated carbocycles. The van der Waals surface area contributed by atoms with Crippen molar-refractivity contribution in [3.05, 3.63) is 60.4 Å². The van der Waals surface area contributed by atoms with Crippen LogP contribution in [0, 0.1) is 6.20 Å². The quantitative estimate of drug-likeness (QED) is 0.670. The topological polar surface area (TPSA) is 22.0 Å². The summed E-state index contributed by atoms with van der Waals surface area (Å²) in [5, 5.41) is 0. The minimum atomic E-state index is 0.109. The smallest absolute Gasteiger partial charge is 0.182 e. The van der Waals surface area contributed by atoms with E-state index in [1.54, 1.807) is 10.6 Å². The highest BCUT2D eigenvalue weighted by Gasteiger charge is 2.04. The van der Waals surface area contributed by atoms with Crippen molar-refractivity contribution in [1.82, 2.24) is 4.57 Å². The average Bonchev–Trinajstić information content (AvgIpc) is 2.72. The van der Waals surface area contributed by atoms with Crippen molar-refractivity contribution in [2.75, 3.05) is 0 Å². The molecule has 0 bridgehead atoms. The molecule has 0 aliphatic rings. The monoisotopic (exact) mass is 184 g/mol. The lowest BCUT2D eigenvalue weighted by Gasteiger charge is -2.01. The summed E-state index contributed by atoms with van der Waals surface area (Å²) in [7, 11) is 0. The maximum atomic E-state index is 11.7. The van der Waals surface area contributed by atoms with Gasteiger partial charge in [-0.2, -0.15) is 0 Å². The van der Waals surface area contributed by atoms with Crippen LogP contribution in [0.25, 0.3) is 0 Å². The number of nitrogens with zero attached hydrogens (tertiary/aromatic N) is 1. The second-order valence-corrected chi connectivity index (χ2v) is 3.05. The molecule has 0 saturated heterocycles. The number of ketones is 1. The van der Waals surface area contributed by atoms with Crippen LogP contribution in [-0.4, -0.2) is 10.4 Å². The van der Waals surface area contributed by atoms with E-state index in [4.69, 9.17) is 0 Å². The number of aromatic nitrogens is 1. The Morgan fingerprint density at radius 2 is 2.00 bits per heavy atom.